The van der Waals surface area contributed by atoms with Gasteiger partial charge in [-0.3, -0.25) is 14.4 Å². The van der Waals surface area contributed by atoms with Crippen molar-refractivity contribution in [3.05, 3.63) is 61.2 Å². The molecule has 1 spiro atoms. The maximum atomic E-state index is 14.2. The molecule has 3 fully saturated rings. The second-order valence-corrected chi connectivity index (χ2v) is 10.8. The summed E-state index contributed by atoms with van der Waals surface area (Å²) in [6, 6.07) is 7.83. The second kappa shape index (κ2) is 11.8. The van der Waals surface area contributed by atoms with E-state index in [1.807, 2.05) is 44.2 Å². The van der Waals surface area contributed by atoms with Gasteiger partial charge >= 0.3 is 5.97 Å². The molecule has 3 heterocycles. The molecular weight excluding hydrogens is 484 g/mol. The molecule has 3 aliphatic rings. The normalized spacial score (nSPS) is 28.3. The van der Waals surface area contributed by atoms with Gasteiger partial charge in [0.05, 0.1) is 37.2 Å². The van der Waals surface area contributed by atoms with E-state index >= 15 is 0 Å². The highest BCUT2D eigenvalue weighted by atomic mass is 16.6. The first-order valence-corrected chi connectivity index (χ1v) is 13.6. The van der Waals surface area contributed by atoms with Crippen molar-refractivity contribution >= 4 is 17.8 Å². The summed E-state index contributed by atoms with van der Waals surface area (Å²) in [5, 5.41) is 10.5. The predicted molar refractivity (Wildman–Crippen MR) is 143 cm³/mol. The van der Waals surface area contributed by atoms with Crippen molar-refractivity contribution in [2.24, 2.45) is 11.8 Å². The monoisotopic (exact) mass is 524 g/mol. The third-order valence-corrected chi connectivity index (χ3v) is 8.19. The summed E-state index contributed by atoms with van der Waals surface area (Å²) >= 11 is 0. The van der Waals surface area contributed by atoms with E-state index in [4.69, 9.17) is 9.47 Å². The average Bonchev–Trinajstić information content (AvgIpc) is 3.55. The van der Waals surface area contributed by atoms with Gasteiger partial charge in [0.2, 0.25) is 11.8 Å². The van der Waals surface area contributed by atoms with Crippen LogP contribution in [0.4, 0.5) is 0 Å². The molecule has 0 aromatic heterocycles. The van der Waals surface area contributed by atoms with Crippen LogP contribution in [0.2, 0.25) is 0 Å². The van der Waals surface area contributed by atoms with Gasteiger partial charge in [0, 0.05) is 12.6 Å². The van der Waals surface area contributed by atoms with Crippen molar-refractivity contribution in [1.82, 2.24) is 9.80 Å². The van der Waals surface area contributed by atoms with Crippen molar-refractivity contribution in [2.75, 3.05) is 19.8 Å². The van der Waals surface area contributed by atoms with E-state index in [0.717, 1.165) is 12.0 Å². The molecule has 8 heteroatoms. The lowest BCUT2D eigenvalue weighted by molar-refractivity contribution is -0.157. The quantitative estimate of drug-likeness (QED) is 0.242. The molecule has 38 heavy (non-hydrogen) atoms. The molecule has 2 amide bonds. The van der Waals surface area contributed by atoms with Crippen LogP contribution in [0.1, 0.15) is 45.1 Å². The Kier molecular flexibility index (Phi) is 8.73. The van der Waals surface area contributed by atoms with E-state index in [2.05, 4.69) is 13.2 Å². The fourth-order valence-electron chi connectivity index (χ4n) is 6.52. The minimum absolute atomic E-state index is 0.140. The van der Waals surface area contributed by atoms with Crippen molar-refractivity contribution in [2.45, 2.75) is 75.8 Å². The van der Waals surface area contributed by atoms with Crippen LogP contribution < -0.4 is 0 Å². The number of carbonyl (C=O) groups excluding carboxylic acids is 3. The fraction of sp³-hybridized carbons (Fsp3) is 0.567. The number of rotatable bonds is 13. The molecule has 4 rings (SSSR count). The summed E-state index contributed by atoms with van der Waals surface area (Å²) in [5.41, 5.74) is -0.197. The topological polar surface area (TPSA) is 96.4 Å². The lowest BCUT2D eigenvalue weighted by Crippen LogP contribution is -2.60. The first kappa shape index (κ1) is 28.0. The lowest BCUT2D eigenvalue weighted by atomic mass is 9.70. The highest BCUT2D eigenvalue weighted by molar-refractivity contribution is 5.98. The number of nitrogens with zero attached hydrogens (tertiary/aromatic N) is 2. The number of esters is 1. The number of ether oxygens (including phenoxy) is 2. The van der Waals surface area contributed by atoms with Gasteiger partial charge < -0.3 is 24.4 Å². The highest BCUT2D eigenvalue weighted by Crippen LogP contribution is 2.59. The van der Waals surface area contributed by atoms with Crippen LogP contribution >= 0.6 is 0 Å². The van der Waals surface area contributed by atoms with Crippen LogP contribution in [0.25, 0.3) is 0 Å². The molecule has 6 atom stereocenters. The maximum absolute atomic E-state index is 14.2. The van der Waals surface area contributed by atoms with Gasteiger partial charge in [-0.2, -0.15) is 0 Å². The van der Waals surface area contributed by atoms with Crippen LogP contribution in [0.5, 0.6) is 0 Å². The molecule has 2 unspecified atom stereocenters. The van der Waals surface area contributed by atoms with Crippen LogP contribution in [-0.4, -0.2) is 82.3 Å². The van der Waals surface area contributed by atoms with Gasteiger partial charge in [0.15, 0.2) is 0 Å². The molecule has 1 aromatic rings. The molecule has 1 aromatic carbocycles. The summed E-state index contributed by atoms with van der Waals surface area (Å²) in [6.07, 6.45) is 5.77. The Bertz CT molecular complexity index is 1040. The number of unbranched alkanes of at least 4 members (excludes halogenated alkanes) is 1. The largest absolute Gasteiger partial charge is 0.465 e. The van der Waals surface area contributed by atoms with Gasteiger partial charge in [-0.15, -0.1) is 13.2 Å². The lowest BCUT2D eigenvalue weighted by Gasteiger charge is -2.40. The molecule has 0 radical (unpaired) electrons. The number of carbonyl (C=O) groups is 3. The molecule has 0 saturated carbocycles. The number of hydrogen-bond acceptors (Lipinski definition) is 6. The third-order valence-electron chi connectivity index (χ3n) is 8.19. The minimum Gasteiger partial charge on any atom is -0.465 e. The van der Waals surface area contributed by atoms with E-state index in [1.165, 1.54) is 4.90 Å². The van der Waals surface area contributed by atoms with Crippen molar-refractivity contribution in [1.29, 1.82) is 0 Å². The van der Waals surface area contributed by atoms with Crippen molar-refractivity contribution in [3.63, 3.8) is 0 Å². The predicted octanol–water partition coefficient (Wildman–Crippen LogP) is 2.90. The van der Waals surface area contributed by atoms with Gasteiger partial charge in [-0.05, 0) is 51.5 Å². The number of hydrogen-bond donors (Lipinski definition) is 1. The second-order valence-electron chi connectivity index (χ2n) is 10.8. The molecular formula is C30H40N2O6. The Morgan fingerprint density at radius 1 is 1.26 bits per heavy atom. The van der Waals surface area contributed by atoms with Gasteiger partial charge in [0.1, 0.15) is 11.6 Å². The molecule has 8 nitrogen and oxygen atoms in total. The zero-order valence-corrected chi connectivity index (χ0v) is 22.5. The highest BCUT2D eigenvalue weighted by Gasteiger charge is 2.75. The van der Waals surface area contributed by atoms with Crippen molar-refractivity contribution < 1.29 is 29.0 Å². The van der Waals surface area contributed by atoms with Crippen LogP contribution in [-0.2, 0) is 30.3 Å². The van der Waals surface area contributed by atoms with E-state index in [9.17, 15) is 19.5 Å². The standard InChI is InChI=1S/C30H40N2O6/c1-5-7-11-17-37-29(36)24-23-14-15-30(38-23)25(24)27(34)32(22(19-33)18-21-12-9-8-10-13-21)26(30)28(35)31(16-6-2)20(3)4/h5-6,8-10,12-13,20,22-26,33H,1-2,7,11,14-19H2,3-4H3/t22-,23-,24+,25+,26?,30?/m1/s1. The molecule has 3 aliphatic heterocycles. The Labute approximate surface area is 225 Å². The number of aliphatic hydroxyl groups is 1. The van der Waals surface area contributed by atoms with E-state index < -0.39 is 41.6 Å². The van der Waals surface area contributed by atoms with E-state index in [1.54, 1.807) is 17.1 Å². The van der Waals surface area contributed by atoms with Gasteiger partial charge in [-0.25, -0.2) is 0 Å². The molecule has 3 saturated heterocycles. The minimum atomic E-state index is -1.14. The number of allylic oxidation sites excluding steroid dienone is 1. The number of likely N-dealkylation sites (tertiary alicyclic amines) is 1. The number of fused-ring (bicyclic) bond motifs is 1. The molecule has 0 aliphatic carbocycles. The average molecular weight is 525 g/mol. The summed E-state index contributed by atoms with van der Waals surface area (Å²) in [4.78, 5) is 45.0. The van der Waals surface area contributed by atoms with E-state index in [-0.39, 0.29) is 31.1 Å². The van der Waals surface area contributed by atoms with Crippen LogP contribution in [0.15, 0.2) is 55.6 Å². The number of amides is 2. The first-order chi connectivity index (χ1) is 18.3. The Balaban J connectivity index is 1.72. The van der Waals surface area contributed by atoms with Crippen LogP contribution in [0.3, 0.4) is 0 Å². The summed E-state index contributed by atoms with van der Waals surface area (Å²) in [5.74, 6) is -2.63. The van der Waals surface area contributed by atoms with Gasteiger partial charge in [-0.1, -0.05) is 42.5 Å². The number of aliphatic hydroxyl groups excluding tert-OH is 1. The van der Waals surface area contributed by atoms with Gasteiger partial charge in [0.25, 0.3) is 0 Å². The molecule has 1 N–H and O–H groups in total. The molecule has 206 valence electrons. The number of benzene rings is 1. The zero-order valence-electron chi connectivity index (χ0n) is 22.5. The van der Waals surface area contributed by atoms with E-state index in [0.29, 0.717) is 32.2 Å². The smallest absolute Gasteiger partial charge is 0.312 e. The maximum Gasteiger partial charge on any atom is 0.312 e. The van der Waals surface area contributed by atoms with Crippen molar-refractivity contribution in [3.8, 4) is 0 Å². The Morgan fingerprint density at radius 2 is 2.00 bits per heavy atom. The summed E-state index contributed by atoms with van der Waals surface area (Å²) < 4.78 is 12.1. The molecule has 2 bridgehead atoms. The fourth-order valence-corrected chi connectivity index (χ4v) is 6.52. The zero-order chi connectivity index (χ0) is 27.4. The Morgan fingerprint density at radius 3 is 2.63 bits per heavy atom. The first-order valence-electron chi connectivity index (χ1n) is 13.6. The third kappa shape index (κ3) is 4.92. The summed E-state index contributed by atoms with van der Waals surface area (Å²) in [6.45, 7) is 11.6. The van der Waals surface area contributed by atoms with Crippen LogP contribution in [0, 0.1) is 11.8 Å². The summed E-state index contributed by atoms with van der Waals surface area (Å²) in [7, 11) is 0. The SMILES string of the molecule is C=CCCCOC(=O)[C@@H]1[C@H]2C(=O)N([C@@H](CO)Cc3ccccc3)C(C(=O)N(CC=C)C(C)C)C23CC[C@H]1O3. The Hall–Kier alpha value is -2.97.